The molecule has 2 aromatic carbocycles. The van der Waals surface area contributed by atoms with Gasteiger partial charge in [-0.2, -0.15) is 0 Å². The fraction of sp³-hybridized carbons (Fsp3) is 0.433. The Hall–Kier alpha value is -3.49. The van der Waals surface area contributed by atoms with E-state index in [4.69, 9.17) is 18.9 Å². The largest absolute Gasteiger partial charge is 0.464 e. The van der Waals surface area contributed by atoms with Gasteiger partial charge in [-0.25, -0.2) is 4.99 Å². The van der Waals surface area contributed by atoms with Crippen molar-refractivity contribution in [2.45, 2.75) is 37.3 Å². The zero-order valence-electron chi connectivity index (χ0n) is 21.3. The molecule has 0 bridgehead atoms. The van der Waals surface area contributed by atoms with Gasteiger partial charge in [0.1, 0.15) is 17.5 Å². The molecule has 2 amide bonds. The van der Waals surface area contributed by atoms with Crippen LogP contribution in [0.4, 0.5) is 0 Å². The number of fused-ring (bicyclic) bond motifs is 1. The maximum absolute atomic E-state index is 13.7. The van der Waals surface area contributed by atoms with E-state index in [1.54, 1.807) is 6.26 Å². The predicted octanol–water partition coefficient (Wildman–Crippen LogP) is 3.88. The van der Waals surface area contributed by atoms with Crippen LogP contribution in [0.5, 0.6) is 0 Å². The second-order valence-corrected chi connectivity index (χ2v) is 10.9. The Morgan fingerprint density at radius 2 is 1.87 bits per heavy atom. The molecule has 5 heterocycles. The lowest BCUT2D eigenvalue weighted by molar-refractivity contribution is -0.139. The van der Waals surface area contributed by atoms with Crippen molar-refractivity contribution in [2.24, 2.45) is 10.9 Å². The summed E-state index contributed by atoms with van der Waals surface area (Å²) in [5, 5.41) is 1.07. The third kappa shape index (κ3) is 4.03. The molecule has 3 aromatic rings. The molecule has 8 heteroatoms. The molecule has 1 spiro atoms. The number of aliphatic imine (C=N–C) groups is 1. The Balaban J connectivity index is 1.12. The Morgan fingerprint density at radius 1 is 1.03 bits per heavy atom. The van der Waals surface area contributed by atoms with Crippen LogP contribution in [0.25, 0.3) is 22.1 Å². The highest BCUT2D eigenvalue weighted by Gasteiger charge is 2.51. The highest BCUT2D eigenvalue weighted by molar-refractivity contribution is 6.15. The molecule has 0 N–H and O–H groups in total. The molecular weight excluding hydrogens is 482 g/mol. The summed E-state index contributed by atoms with van der Waals surface area (Å²) in [6.07, 6.45) is 4.61. The smallest absolute Gasteiger partial charge is 0.258 e. The van der Waals surface area contributed by atoms with Crippen LogP contribution in [-0.4, -0.2) is 78.5 Å². The number of likely N-dealkylation sites (tertiary alicyclic amines) is 1. The van der Waals surface area contributed by atoms with E-state index in [2.05, 4.69) is 24.3 Å². The van der Waals surface area contributed by atoms with E-state index in [9.17, 15) is 9.59 Å². The summed E-state index contributed by atoms with van der Waals surface area (Å²) < 4.78 is 16.7. The highest BCUT2D eigenvalue weighted by Crippen LogP contribution is 2.35. The van der Waals surface area contributed by atoms with E-state index in [0.717, 1.165) is 46.9 Å². The van der Waals surface area contributed by atoms with Gasteiger partial charge < -0.3 is 18.8 Å². The predicted molar refractivity (Wildman–Crippen MR) is 142 cm³/mol. The van der Waals surface area contributed by atoms with Gasteiger partial charge in [-0.05, 0) is 54.5 Å². The van der Waals surface area contributed by atoms with Gasteiger partial charge in [0.05, 0.1) is 12.9 Å². The second kappa shape index (κ2) is 9.36. The van der Waals surface area contributed by atoms with Gasteiger partial charge in [0.2, 0.25) is 0 Å². The second-order valence-electron chi connectivity index (χ2n) is 10.9. The Labute approximate surface area is 221 Å². The topological polar surface area (TPSA) is 84.6 Å². The number of ether oxygens (including phenoxy) is 2. The molecule has 0 saturated carbocycles. The van der Waals surface area contributed by atoms with Crippen molar-refractivity contribution in [1.82, 2.24) is 9.80 Å². The molecule has 38 heavy (non-hydrogen) atoms. The number of amides is 2. The van der Waals surface area contributed by atoms with E-state index >= 15 is 0 Å². The van der Waals surface area contributed by atoms with Crippen molar-refractivity contribution >= 4 is 28.6 Å². The van der Waals surface area contributed by atoms with Crippen LogP contribution in [0.15, 0.2) is 64.2 Å². The van der Waals surface area contributed by atoms with Crippen LogP contribution in [0, 0.1) is 5.92 Å². The third-order valence-corrected chi connectivity index (χ3v) is 8.39. The number of rotatable bonds is 5. The Kier molecular flexibility index (Phi) is 5.82. The van der Waals surface area contributed by atoms with Gasteiger partial charge in [-0.15, -0.1) is 0 Å². The lowest BCUT2D eigenvalue weighted by Gasteiger charge is -2.25. The van der Waals surface area contributed by atoms with E-state index < -0.39 is 5.54 Å². The van der Waals surface area contributed by atoms with Crippen molar-refractivity contribution in [2.75, 3.05) is 39.5 Å². The average Bonchev–Trinajstić information content (AvgIpc) is 3.78. The average molecular weight is 514 g/mol. The molecule has 196 valence electrons. The van der Waals surface area contributed by atoms with E-state index in [1.807, 2.05) is 34.1 Å². The van der Waals surface area contributed by atoms with Gasteiger partial charge in [0, 0.05) is 50.2 Å². The molecule has 3 fully saturated rings. The molecule has 4 aliphatic heterocycles. The van der Waals surface area contributed by atoms with E-state index in [-0.39, 0.29) is 23.8 Å². The maximum atomic E-state index is 13.7. The van der Waals surface area contributed by atoms with Crippen LogP contribution in [-0.2, 0) is 19.1 Å². The monoisotopic (exact) mass is 513 g/mol. The number of hydrogen-bond donors (Lipinski definition) is 0. The molecular formula is C30H31N3O5. The molecule has 7 rings (SSSR count). The molecule has 0 aliphatic carbocycles. The first kappa shape index (κ1) is 23.6. The van der Waals surface area contributed by atoms with Crippen LogP contribution in [0.2, 0.25) is 0 Å². The van der Waals surface area contributed by atoms with Gasteiger partial charge in [-0.3, -0.25) is 14.5 Å². The number of furan rings is 1. The quantitative estimate of drug-likeness (QED) is 0.517. The Morgan fingerprint density at radius 3 is 2.66 bits per heavy atom. The number of carbonyl (C=O) groups excluding carboxylic acids is 2. The first-order valence-electron chi connectivity index (χ1n) is 13.6. The van der Waals surface area contributed by atoms with Crippen LogP contribution in [0.1, 0.15) is 31.2 Å². The summed E-state index contributed by atoms with van der Waals surface area (Å²) in [7, 11) is 0. The van der Waals surface area contributed by atoms with Crippen molar-refractivity contribution in [3.05, 3.63) is 60.4 Å². The zero-order valence-corrected chi connectivity index (χ0v) is 21.3. The molecule has 0 radical (unpaired) electrons. The van der Waals surface area contributed by atoms with Gasteiger partial charge >= 0.3 is 0 Å². The number of hydrogen-bond acceptors (Lipinski definition) is 6. The minimum atomic E-state index is -0.827. The number of benzene rings is 2. The third-order valence-electron chi connectivity index (χ3n) is 8.39. The first-order chi connectivity index (χ1) is 18.6. The molecule has 3 atom stereocenters. The number of carbonyl (C=O) groups is 2. The number of nitrogens with zero attached hydrogens (tertiary/aromatic N) is 3. The summed E-state index contributed by atoms with van der Waals surface area (Å²) in [4.78, 5) is 35.4. The normalized spacial score (nSPS) is 27.3. The fourth-order valence-electron chi connectivity index (χ4n) is 6.23. The van der Waals surface area contributed by atoms with Crippen molar-refractivity contribution in [3.8, 4) is 11.1 Å². The van der Waals surface area contributed by atoms with E-state index in [0.29, 0.717) is 51.7 Å². The standard InChI is InChI=1S/C30H31N3O5/c34-28(26-2-1-13-37-26)32-12-9-20(17-32)18-33-27(31-30(29(33)35)11-15-36-19-30)22-5-3-21(4-6-22)23-7-8-25-24(16-23)10-14-38-25/h3-8,10,14,16,20,26H,1-2,9,11-13,15,17-19H2/t20-,26-,30?/m1/s1. The summed E-state index contributed by atoms with van der Waals surface area (Å²) in [5.41, 5.74) is 3.15. The summed E-state index contributed by atoms with van der Waals surface area (Å²) in [6, 6.07) is 16.4. The maximum Gasteiger partial charge on any atom is 0.258 e. The molecule has 1 unspecified atom stereocenters. The highest BCUT2D eigenvalue weighted by atomic mass is 16.5. The van der Waals surface area contributed by atoms with Crippen molar-refractivity contribution in [1.29, 1.82) is 0 Å². The number of amidine groups is 1. The summed E-state index contributed by atoms with van der Waals surface area (Å²) in [6.45, 7) is 3.43. The Bertz CT molecular complexity index is 1400. The van der Waals surface area contributed by atoms with Gasteiger partial charge in [-0.1, -0.05) is 30.3 Å². The first-order valence-corrected chi connectivity index (χ1v) is 13.6. The summed E-state index contributed by atoms with van der Waals surface area (Å²) in [5.74, 6) is 1.02. The van der Waals surface area contributed by atoms with Crippen LogP contribution >= 0.6 is 0 Å². The van der Waals surface area contributed by atoms with E-state index in [1.165, 1.54) is 0 Å². The van der Waals surface area contributed by atoms with Gasteiger partial charge in [0.15, 0.2) is 5.54 Å². The molecule has 8 nitrogen and oxygen atoms in total. The molecule has 4 aliphatic rings. The van der Waals surface area contributed by atoms with Gasteiger partial charge in [0.25, 0.3) is 11.8 Å². The molecule has 1 aromatic heterocycles. The van der Waals surface area contributed by atoms with Crippen LogP contribution < -0.4 is 0 Å². The van der Waals surface area contributed by atoms with Crippen LogP contribution in [0.3, 0.4) is 0 Å². The summed E-state index contributed by atoms with van der Waals surface area (Å²) >= 11 is 0. The minimum Gasteiger partial charge on any atom is -0.464 e. The minimum absolute atomic E-state index is 0.0170. The van der Waals surface area contributed by atoms with Crippen molar-refractivity contribution in [3.63, 3.8) is 0 Å². The SMILES string of the molecule is O=C([C@H]1CCCO1)N1CC[C@@H](CN2C(=O)C3(CCOC3)N=C2c2ccc(-c3ccc4occc4c3)cc2)C1. The lowest BCUT2D eigenvalue weighted by Crippen LogP contribution is -2.45. The fourth-order valence-corrected chi connectivity index (χ4v) is 6.23. The van der Waals surface area contributed by atoms with Crippen molar-refractivity contribution < 1.29 is 23.5 Å². The molecule has 3 saturated heterocycles. The lowest BCUT2D eigenvalue weighted by atomic mass is 9.98. The zero-order chi connectivity index (χ0) is 25.7.